The summed E-state index contributed by atoms with van der Waals surface area (Å²) in [5.41, 5.74) is 0. The third-order valence-corrected chi connectivity index (χ3v) is 9.56. The maximum Gasteiger partial charge on any atom is 0.185 e. The van der Waals surface area contributed by atoms with E-state index >= 15 is 0 Å². The molecule has 0 amide bonds. The Bertz CT molecular complexity index is 701. The average Bonchev–Trinajstić information content (AvgIpc) is 2.44. The lowest BCUT2D eigenvalue weighted by molar-refractivity contribution is 0.404. The van der Waals surface area contributed by atoms with Gasteiger partial charge in [-0.1, -0.05) is 0 Å². The van der Waals surface area contributed by atoms with Crippen LogP contribution in [0.4, 0.5) is 0 Å². The molecule has 0 aliphatic heterocycles. The van der Waals surface area contributed by atoms with Gasteiger partial charge >= 0.3 is 0 Å². The zero-order valence-electron chi connectivity index (χ0n) is 9.66. The molecule has 0 unspecified atom stereocenters. The Morgan fingerprint density at radius 1 is 0.667 bits per heavy atom. The Labute approximate surface area is 179 Å². The van der Waals surface area contributed by atoms with Gasteiger partial charge in [0.2, 0.25) is 0 Å². The highest BCUT2D eigenvalue weighted by Gasteiger charge is 2.21. The highest BCUT2D eigenvalue weighted by Crippen LogP contribution is 2.52. The number of phenols is 1. The van der Waals surface area contributed by atoms with Crippen LogP contribution >= 0.6 is 112 Å². The van der Waals surface area contributed by atoms with Gasteiger partial charge in [-0.05, 0) is 124 Å². The summed E-state index contributed by atoms with van der Waals surface area (Å²) in [5.74, 6) is 0.844. The predicted octanol–water partition coefficient (Wildman–Crippen LogP) is 8.52. The molecule has 0 aromatic heterocycles. The van der Waals surface area contributed by atoms with Gasteiger partial charge in [0.1, 0.15) is 5.75 Å². The molecule has 21 heavy (non-hydrogen) atoms. The van der Waals surface area contributed by atoms with E-state index in [4.69, 9.17) is 4.74 Å². The highest BCUT2D eigenvalue weighted by molar-refractivity contribution is 9.15. The number of ether oxygens (including phenoxy) is 1. The van der Waals surface area contributed by atoms with Crippen LogP contribution in [0.5, 0.6) is 17.2 Å². The van der Waals surface area contributed by atoms with Crippen LogP contribution in [0.3, 0.4) is 0 Å². The zero-order chi connectivity index (χ0) is 15.9. The number of rotatable bonds is 2. The van der Waals surface area contributed by atoms with Gasteiger partial charge in [-0.2, -0.15) is 0 Å². The van der Waals surface area contributed by atoms with Gasteiger partial charge < -0.3 is 9.84 Å². The number of benzene rings is 2. The first kappa shape index (κ1) is 18.7. The molecule has 0 heterocycles. The Balaban J connectivity index is 2.58. The van der Waals surface area contributed by atoms with Crippen molar-refractivity contribution >= 4 is 112 Å². The first-order valence-electron chi connectivity index (χ1n) is 5.11. The van der Waals surface area contributed by atoms with Crippen LogP contribution in [0.25, 0.3) is 0 Å². The molecule has 2 aromatic rings. The minimum atomic E-state index is -0.0112. The van der Waals surface area contributed by atoms with E-state index in [1.807, 2.05) is 6.07 Å². The molecule has 0 saturated carbocycles. The molecule has 9 heteroatoms. The second-order valence-corrected chi connectivity index (χ2v) is 9.47. The molecular weight excluding hydrogens is 735 g/mol. The fourth-order valence-corrected chi connectivity index (χ4v) is 4.92. The third-order valence-electron chi connectivity index (χ3n) is 2.39. The van der Waals surface area contributed by atoms with E-state index in [1.54, 1.807) is 6.07 Å². The molecule has 0 spiro atoms. The van der Waals surface area contributed by atoms with Crippen molar-refractivity contribution in [3.8, 4) is 17.2 Å². The van der Waals surface area contributed by atoms with Gasteiger partial charge in [0.15, 0.2) is 11.5 Å². The van der Waals surface area contributed by atoms with Crippen molar-refractivity contribution in [1.29, 1.82) is 0 Å². The molecule has 0 fully saturated rings. The monoisotopic (exact) mass is 731 g/mol. The normalized spacial score (nSPS) is 10.8. The number of aromatic hydroxyl groups is 1. The molecular formula is C12H3Br7O2. The van der Waals surface area contributed by atoms with Crippen molar-refractivity contribution in [2.45, 2.75) is 0 Å². The van der Waals surface area contributed by atoms with E-state index in [2.05, 4.69) is 112 Å². The first-order valence-corrected chi connectivity index (χ1v) is 10.7. The van der Waals surface area contributed by atoms with Gasteiger partial charge in [0.05, 0.1) is 22.4 Å². The van der Waals surface area contributed by atoms with Crippen molar-refractivity contribution in [2.24, 2.45) is 0 Å². The lowest BCUT2D eigenvalue weighted by atomic mass is 10.3. The largest absolute Gasteiger partial charge is 0.503 e. The van der Waals surface area contributed by atoms with E-state index in [-0.39, 0.29) is 5.75 Å². The quantitative estimate of drug-likeness (QED) is 0.248. The minimum absolute atomic E-state index is 0.0112. The molecule has 0 atom stereocenters. The van der Waals surface area contributed by atoms with Crippen LogP contribution in [-0.2, 0) is 0 Å². The summed E-state index contributed by atoms with van der Waals surface area (Å²) < 4.78 is 10.8. The average molecular weight is 738 g/mol. The molecule has 0 saturated heterocycles. The van der Waals surface area contributed by atoms with Crippen LogP contribution in [-0.4, -0.2) is 5.11 Å². The van der Waals surface area contributed by atoms with Crippen molar-refractivity contribution < 1.29 is 9.84 Å². The maximum atomic E-state index is 10.3. The fraction of sp³-hybridized carbons (Fsp3) is 0. The van der Waals surface area contributed by atoms with Crippen molar-refractivity contribution in [3.05, 3.63) is 43.4 Å². The van der Waals surface area contributed by atoms with Gasteiger partial charge in [-0.25, -0.2) is 0 Å². The second kappa shape index (κ2) is 7.53. The summed E-state index contributed by atoms with van der Waals surface area (Å²) in [4.78, 5) is 0. The number of halogens is 7. The predicted molar refractivity (Wildman–Crippen MR) is 109 cm³/mol. The molecule has 112 valence electrons. The second-order valence-electron chi connectivity index (χ2n) is 3.73. The van der Waals surface area contributed by atoms with Crippen LogP contribution < -0.4 is 4.74 Å². The third kappa shape index (κ3) is 3.91. The fourth-order valence-electron chi connectivity index (χ4n) is 1.39. The van der Waals surface area contributed by atoms with Crippen molar-refractivity contribution in [2.75, 3.05) is 0 Å². The zero-order valence-corrected chi connectivity index (χ0v) is 20.8. The van der Waals surface area contributed by atoms with E-state index in [9.17, 15) is 5.11 Å². The molecule has 1 N–H and O–H groups in total. The van der Waals surface area contributed by atoms with Crippen LogP contribution in [0.1, 0.15) is 0 Å². The van der Waals surface area contributed by atoms with Gasteiger partial charge in [-0.15, -0.1) is 0 Å². The number of hydrogen-bond donors (Lipinski definition) is 1. The van der Waals surface area contributed by atoms with E-state index in [0.717, 1.165) is 17.9 Å². The summed E-state index contributed by atoms with van der Waals surface area (Å²) in [6, 6.07) is 3.65. The Hall–Kier alpha value is 1.40. The number of hydrogen-bond acceptors (Lipinski definition) is 2. The molecule has 0 bridgehead atoms. The van der Waals surface area contributed by atoms with Gasteiger partial charge in [0, 0.05) is 8.95 Å². The smallest absolute Gasteiger partial charge is 0.185 e. The Morgan fingerprint density at radius 3 is 1.81 bits per heavy atom. The van der Waals surface area contributed by atoms with E-state index in [0.29, 0.717) is 24.9 Å². The highest BCUT2D eigenvalue weighted by atomic mass is 79.9. The van der Waals surface area contributed by atoms with Crippen LogP contribution in [0.2, 0.25) is 0 Å². The van der Waals surface area contributed by atoms with Gasteiger partial charge in [-0.3, -0.25) is 0 Å². The molecule has 0 radical (unpaired) electrons. The maximum absolute atomic E-state index is 10.3. The van der Waals surface area contributed by atoms with Crippen LogP contribution in [0, 0.1) is 0 Å². The summed E-state index contributed by atoms with van der Waals surface area (Å²) in [6.07, 6.45) is 0. The minimum Gasteiger partial charge on any atom is -0.503 e. The van der Waals surface area contributed by atoms with E-state index in [1.165, 1.54) is 0 Å². The van der Waals surface area contributed by atoms with Crippen LogP contribution in [0.15, 0.2) is 43.4 Å². The summed E-state index contributed by atoms with van der Waals surface area (Å²) in [6.45, 7) is 0. The van der Waals surface area contributed by atoms with Crippen molar-refractivity contribution in [3.63, 3.8) is 0 Å². The topological polar surface area (TPSA) is 29.5 Å². The summed E-state index contributed by atoms with van der Waals surface area (Å²) in [5, 5.41) is 10.3. The summed E-state index contributed by atoms with van der Waals surface area (Å²) in [7, 11) is 0. The SMILES string of the molecule is Oc1c(Br)c(Br)c(Br)c(Br)c1Oc1cc(Br)c(Br)cc1Br. The molecule has 0 aliphatic rings. The standard InChI is InChI=1S/C12H3Br7O2/c13-3-1-5(15)6(2-4(3)14)21-12-10(19)8(17)7(16)9(18)11(12)20/h1-2,20H. The molecule has 0 aliphatic carbocycles. The Kier molecular flexibility index (Phi) is 6.71. The lowest BCUT2D eigenvalue weighted by Crippen LogP contribution is -1.91. The van der Waals surface area contributed by atoms with Crippen molar-refractivity contribution in [1.82, 2.24) is 0 Å². The summed E-state index contributed by atoms with van der Waals surface area (Å²) >= 11 is 23.8. The first-order chi connectivity index (χ1) is 9.73. The molecule has 2 rings (SSSR count). The molecule has 2 nitrogen and oxygen atoms in total. The van der Waals surface area contributed by atoms with Gasteiger partial charge in [0.25, 0.3) is 0 Å². The Morgan fingerprint density at radius 2 is 1.19 bits per heavy atom. The number of phenolic OH excluding ortho intramolecular Hbond substituents is 1. The lowest BCUT2D eigenvalue weighted by Gasteiger charge is -2.15. The van der Waals surface area contributed by atoms with E-state index < -0.39 is 0 Å². The molecule has 2 aromatic carbocycles.